The van der Waals surface area contributed by atoms with E-state index >= 15 is 0 Å². The number of thiophene rings is 1. The van der Waals surface area contributed by atoms with Gasteiger partial charge in [-0.15, -0.1) is 0 Å². The minimum absolute atomic E-state index is 0.0488. The van der Waals surface area contributed by atoms with E-state index in [1.807, 2.05) is 30.5 Å². The van der Waals surface area contributed by atoms with Crippen LogP contribution in [0.1, 0.15) is 17.4 Å². The number of amides is 1. The van der Waals surface area contributed by atoms with Crippen molar-refractivity contribution in [2.75, 3.05) is 0 Å². The minimum Gasteiger partial charge on any atom is -0.317 e. The lowest BCUT2D eigenvalue weighted by molar-refractivity contribution is -0.380. The largest absolute Gasteiger partial charge is 0.324 e. The SMILES string of the molecule is CCn1c(=NC(=O)C=Cc2ccc([N+](=O)[O-])s2)sc2cc(C)ccc21. The fraction of sp³-hybridized carbons (Fsp3) is 0.176. The second kappa shape index (κ2) is 7.12. The van der Waals surface area contributed by atoms with E-state index in [4.69, 9.17) is 0 Å². The fourth-order valence-electron chi connectivity index (χ4n) is 2.39. The number of aryl methyl sites for hydroxylation is 2. The molecular formula is C17H15N3O3S2. The molecule has 6 nitrogen and oxygen atoms in total. The van der Waals surface area contributed by atoms with Gasteiger partial charge in [-0.3, -0.25) is 14.9 Å². The number of carbonyl (C=O) groups excluding carboxylic acids is 1. The summed E-state index contributed by atoms with van der Waals surface area (Å²) in [6.45, 7) is 4.76. The van der Waals surface area contributed by atoms with Crippen LogP contribution in [-0.4, -0.2) is 15.4 Å². The Morgan fingerprint density at radius 3 is 2.80 bits per heavy atom. The summed E-state index contributed by atoms with van der Waals surface area (Å²) in [6, 6.07) is 9.19. The smallest absolute Gasteiger partial charge is 0.317 e. The number of nitrogens with zero attached hydrogens (tertiary/aromatic N) is 3. The van der Waals surface area contributed by atoms with Crippen LogP contribution in [0.2, 0.25) is 0 Å². The van der Waals surface area contributed by atoms with Gasteiger partial charge in [-0.25, -0.2) is 0 Å². The lowest BCUT2D eigenvalue weighted by atomic mass is 10.2. The van der Waals surface area contributed by atoms with Crippen molar-refractivity contribution in [3.8, 4) is 0 Å². The van der Waals surface area contributed by atoms with Crippen molar-refractivity contribution >= 4 is 49.9 Å². The molecular weight excluding hydrogens is 358 g/mol. The Hall–Kier alpha value is -2.58. The van der Waals surface area contributed by atoms with Gasteiger partial charge < -0.3 is 4.57 Å². The Kier molecular flexibility index (Phi) is 4.91. The van der Waals surface area contributed by atoms with E-state index in [1.165, 1.54) is 23.5 Å². The molecule has 0 atom stereocenters. The first-order chi connectivity index (χ1) is 12.0. The highest BCUT2D eigenvalue weighted by molar-refractivity contribution is 7.16. The first-order valence-corrected chi connectivity index (χ1v) is 9.22. The number of fused-ring (bicyclic) bond motifs is 1. The van der Waals surface area contributed by atoms with Crippen LogP contribution in [0.25, 0.3) is 16.3 Å². The summed E-state index contributed by atoms with van der Waals surface area (Å²) in [4.78, 5) is 27.9. The summed E-state index contributed by atoms with van der Waals surface area (Å²) >= 11 is 2.50. The van der Waals surface area contributed by atoms with Gasteiger partial charge in [0.1, 0.15) is 0 Å². The van der Waals surface area contributed by atoms with Gasteiger partial charge >= 0.3 is 5.00 Å². The molecule has 2 aromatic heterocycles. The predicted octanol–water partition coefficient (Wildman–Crippen LogP) is 4.14. The third-order valence-electron chi connectivity index (χ3n) is 3.54. The van der Waals surface area contributed by atoms with E-state index in [1.54, 1.807) is 12.1 Å². The van der Waals surface area contributed by atoms with Crippen molar-refractivity contribution in [1.29, 1.82) is 0 Å². The molecule has 0 saturated heterocycles. The molecule has 0 aliphatic rings. The fourth-order valence-corrected chi connectivity index (χ4v) is 4.31. The molecule has 0 spiro atoms. The second-order valence-electron chi connectivity index (χ2n) is 5.32. The van der Waals surface area contributed by atoms with E-state index in [2.05, 4.69) is 11.1 Å². The molecule has 0 fully saturated rings. The Morgan fingerprint density at radius 2 is 2.12 bits per heavy atom. The Labute approximate surface area is 151 Å². The Bertz CT molecular complexity index is 1060. The van der Waals surface area contributed by atoms with Crippen molar-refractivity contribution in [3.05, 3.63) is 61.8 Å². The van der Waals surface area contributed by atoms with E-state index in [0.717, 1.165) is 33.7 Å². The number of aromatic nitrogens is 1. The molecule has 1 amide bonds. The van der Waals surface area contributed by atoms with Crippen LogP contribution >= 0.6 is 22.7 Å². The summed E-state index contributed by atoms with van der Waals surface area (Å²) in [5.41, 5.74) is 2.22. The normalized spacial score (nSPS) is 12.3. The van der Waals surface area contributed by atoms with Crippen LogP contribution in [0.5, 0.6) is 0 Å². The zero-order valence-electron chi connectivity index (χ0n) is 13.6. The molecule has 0 saturated carbocycles. The topological polar surface area (TPSA) is 77.5 Å². The van der Waals surface area contributed by atoms with Crippen LogP contribution in [0, 0.1) is 17.0 Å². The van der Waals surface area contributed by atoms with Crippen LogP contribution in [0.3, 0.4) is 0 Å². The highest BCUT2D eigenvalue weighted by Gasteiger charge is 2.08. The zero-order valence-corrected chi connectivity index (χ0v) is 15.3. The lowest BCUT2D eigenvalue weighted by Crippen LogP contribution is -2.15. The van der Waals surface area contributed by atoms with Crippen molar-refractivity contribution in [3.63, 3.8) is 0 Å². The van der Waals surface area contributed by atoms with Gasteiger partial charge in [-0.1, -0.05) is 28.7 Å². The number of benzene rings is 1. The number of carbonyl (C=O) groups is 1. The first-order valence-electron chi connectivity index (χ1n) is 7.59. The highest BCUT2D eigenvalue weighted by Crippen LogP contribution is 2.24. The van der Waals surface area contributed by atoms with Crippen molar-refractivity contribution in [1.82, 2.24) is 4.57 Å². The monoisotopic (exact) mass is 373 g/mol. The number of hydrogen-bond acceptors (Lipinski definition) is 5. The molecule has 0 aliphatic heterocycles. The third kappa shape index (κ3) is 3.75. The zero-order chi connectivity index (χ0) is 18.0. The molecule has 0 radical (unpaired) electrons. The summed E-state index contributed by atoms with van der Waals surface area (Å²) in [7, 11) is 0. The van der Waals surface area contributed by atoms with Crippen LogP contribution in [-0.2, 0) is 11.3 Å². The average molecular weight is 373 g/mol. The number of thiazole rings is 1. The van der Waals surface area contributed by atoms with E-state index in [9.17, 15) is 14.9 Å². The van der Waals surface area contributed by atoms with Gasteiger partial charge in [0, 0.05) is 23.6 Å². The van der Waals surface area contributed by atoms with Crippen LogP contribution < -0.4 is 4.80 Å². The maximum Gasteiger partial charge on any atom is 0.324 e. The molecule has 3 rings (SSSR count). The Morgan fingerprint density at radius 1 is 1.32 bits per heavy atom. The first kappa shape index (κ1) is 17.2. The molecule has 8 heteroatoms. The summed E-state index contributed by atoms with van der Waals surface area (Å²) in [5, 5.41) is 10.7. The minimum atomic E-state index is -0.447. The molecule has 128 valence electrons. The van der Waals surface area contributed by atoms with E-state index in [-0.39, 0.29) is 10.9 Å². The van der Waals surface area contributed by atoms with Gasteiger partial charge in [0.15, 0.2) is 4.80 Å². The molecule has 0 N–H and O–H groups in total. The Balaban J connectivity index is 1.91. The molecule has 25 heavy (non-hydrogen) atoms. The second-order valence-corrected chi connectivity index (χ2v) is 7.42. The molecule has 0 unspecified atom stereocenters. The number of hydrogen-bond donors (Lipinski definition) is 0. The van der Waals surface area contributed by atoms with Crippen molar-refractivity contribution in [2.45, 2.75) is 20.4 Å². The average Bonchev–Trinajstić information content (AvgIpc) is 3.16. The molecule has 2 heterocycles. The summed E-state index contributed by atoms with van der Waals surface area (Å²) in [6.07, 6.45) is 2.89. The lowest BCUT2D eigenvalue weighted by Gasteiger charge is -1.99. The maximum absolute atomic E-state index is 12.1. The van der Waals surface area contributed by atoms with Crippen LogP contribution in [0.4, 0.5) is 5.00 Å². The third-order valence-corrected chi connectivity index (χ3v) is 5.59. The van der Waals surface area contributed by atoms with Gasteiger partial charge in [-0.05, 0) is 43.7 Å². The van der Waals surface area contributed by atoms with Crippen LogP contribution in [0.15, 0.2) is 41.4 Å². The van der Waals surface area contributed by atoms with Gasteiger partial charge in [0.05, 0.1) is 15.1 Å². The van der Waals surface area contributed by atoms with Gasteiger partial charge in [0.25, 0.3) is 5.91 Å². The maximum atomic E-state index is 12.1. The van der Waals surface area contributed by atoms with E-state index in [0.29, 0.717) is 9.68 Å². The number of nitro groups is 1. The van der Waals surface area contributed by atoms with Gasteiger partial charge in [0.2, 0.25) is 0 Å². The molecule has 0 bridgehead atoms. The van der Waals surface area contributed by atoms with Gasteiger partial charge in [-0.2, -0.15) is 4.99 Å². The highest BCUT2D eigenvalue weighted by atomic mass is 32.1. The molecule has 3 aromatic rings. The molecule has 1 aromatic carbocycles. The number of rotatable bonds is 4. The quantitative estimate of drug-likeness (QED) is 0.392. The van der Waals surface area contributed by atoms with Crippen molar-refractivity contribution < 1.29 is 9.72 Å². The van der Waals surface area contributed by atoms with Crippen molar-refractivity contribution in [2.24, 2.45) is 4.99 Å². The predicted molar refractivity (Wildman–Crippen MR) is 101 cm³/mol. The summed E-state index contributed by atoms with van der Waals surface area (Å²) in [5.74, 6) is -0.387. The summed E-state index contributed by atoms with van der Waals surface area (Å²) < 4.78 is 3.09. The van der Waals surface area contributed by atoms with E-state index < -0.39 is 4.92 Å². The molecule has 0 aliphatic carbocycles. The standard InChI is InChI=1S/C17H15N3O3S2/c1-3-19-13-7-4-11(2)10-14(13)25-17(19)18-15(21)8-5-12-6-9-16(24-12)20(22)23/h4-10H,3H2,1-2H3.